The van der Waals surface area contributed by atoms with Crippen molar-refractivity contribution in [1.29, 1.82) is 0 Å². The fraction of sp³-hybridized carbons (Fsp3) is 0.0556. The predicted molar refractivity (Wildman–Crippen MR) is 103 cm³/mol. The highest BCUT2D eigenvalue weighted by atomic mass is 127. The van der Waals surface area contributed by atoms with Crippen LogP contribution in [-0.2, 0) is 11.8 Å². The van der Waals surface area contributed by atoms with Crippen LogP contribution in [0.1, 0.15) is 11.4 Å². The molecule has 2 heterocycles. The van der Waals surface area contributed by atoms with Crippen molar-refractivity contribution in [3.63, 3.8) is 0 Å². The average Bonchev–Trinajstić information content (AvgIpc) is 2.89. The van der Waals surface area contributed by atoms with Crippen LogP contribution in [0.3, 0.4) is 0 Å². The third-order valence-electron chi connectivity index (χ3n) is 4.06. The Morgan fingerprint density at radius 3 is 2.79 bits per heavy atom. The van der Waals surface area contributed by atoms with E-state index in [2.05, 4.69) is 32.9 Å². The molecule has 1 amide bonds. The molecule has 1 aliphatic rings. The minimum atomic E-state index is -0.187. The van der Waals surface area contributed by atoms with Gasteiger partial charge in [0.1, 0.15) is 5.82 Å². The Bertz CT molecular complexity index is 1100. The number of benzene rings is 2. The summed E-state index contributed by atoms with van der Waals surface area (Å²) in [4.78, 5) is 29.4. The molecule has 6 heteroatoms. The minimum absolute atomic E-state index is 0.128. The summed E-state index contributed by atoms with van der Waals surface area (Å²) in [6, 6.07) is 13.0. The molecule has 0 unspecified atom stereocenters. The number of carbonyl (C=O) groups excluding carboxylic acids is 1. The van der Waals surface area contributed by atoms with Gasteiger partial charge in [-0.1, -0.05) is 18.2 Å². The number of anilines is 1. The van der Waals surface area contributed by atoms with E-state index < -0.39 is 0 Å². The van der Waals surface area contributed by atoms with Crippen molar-refractivity contribution in [3.8, 4) is 0 Å². The maximum Gasteiger partial charge on any atom is 0.261 e. The number of para-hydroxylation sites is 1. The smallest absolute Gasteiger partial charge is 0.261 e. The molecule has 4 rings (SSSR count). The quantitative estimate of drug-likeness (QED) is 0.478. The Hall–Kier alpha value is -2.48. The van der Waals surface area contributed by atoms with Crippen LogP contribution in [0.5, 0.6) is 0 Å². The highest BCUT2D eigenvalue weighted by Crippen LogP contribution is 2.32. The van der Waals surface area contributed by atoms with Crippen molar-refractivity contribution in [1.82, 2.24) is 9.55 Å². The van der Waals surface area contributed by atoms with Crippen molar-refractivity contribution in [2.75, 3.05) is 5.32 Å². The maximum absolute atomic E-state index is 12.6. The monoisotopic (exact) mass is 429 g/mol. The largest absolute Gasteiger partial charge is 0.321 e. The molecular formula is C18H12IN3O2. The van der Waals surface area contributed by atoms with Crippen molar-refractivity contribution in [3.05, 3.63) is 67.8 Å². The van der Waals surface area contributed by atoms with Crippen LogP contribution in [0.25, 0.3) is 22.6 Å². The standard InChI is InChI=1S/C18H12IN3O2/c1-22-16(20-15-7-6-10(19)8-13(15)18(22)24)9-12-11-4-2-3-5-14(11)21-17(12)23/h2-9H,1H3,(H,21,23)/b12-9-. The molecule has 0 bridgehead atoms. The molecule has 0 atom stereocenters. The fourth-order valence-electron chi connectivity index (χ4n) is 2.80. The van der Waals surface area contributed by atoms with Gasteiger partial charge in [-0.05, 0) is 52.9 Å². The van der Waals surface area contributed by atoms with Crippen LogP contribution in [0.2, 0.25) is 0 Å². The fourth-order valence-corrected chi connectivity index (χ4v) is 3.29. The van der Waals surface area contributed by atoms with Crippen LogP contribution in [-0.4, -0.2) is 15.5 Å². The van der Waals surface area contributed by atoms with Crippen LogP contribution < -0.4 is 10.9 Å². The van der Waals surface area contributed by atoms with E-state index in [9.17, 15) is 9.59 Å². The summed E-state index contributed by atoms with van der Waals surface area (Å²) >= 11 is 2.17. The topological polar surface area (TPSA) is 64.0 Å². The average molecular weight is 429 g/mol. The summed E-state index contributed by atoms with van der Waals surface area (Å²) in [5, 5.41) is 3.40. The van der Waals surface area contributed by atoms with Gasteiger partial charge in [-0.15, -0.1) is 0 Å². The number of carbonyl (C=O) groups is 1. The number of hydrogen-bond donors (Lipinski definition) is 1. The summed E-state index contributed by atoms with van der Waals surface area (Å²) in [6.07, 6.45) is 1.67. The predicted octanol–water partition coefficient (Wildman–Crippen LogP) is 3.03. The Kier molecular flexibility index (Phi) is 3.49. The van der Waals surface area contributed by atoms with E-state index in [4.69, 9.17) is 0 Å². The van der Waals surface area contributed by atoms with Gasteiger partial charge in [-0.25, -0.2) is 4.98 Å². The van der Waals surface area contributed by atoms with E-state index in [1.165, 1.54) is 4.57 Å². The van der Waals surface area contributed by atoms with E-state index in [1.54, 1.807) is 13.1 Å². The molecule has 5 nitrogen and oxygen atoms in total. The summed E-state index contributed by atoms with van der Waals surface area (Å²) in [5.41, 5.74) is 2.60. The van der Waals surface area contributed by atoms with Crippen LogP contribution in [0.4, 0.5) is 5.69 Å². The maximum atomic E-state index is 12.6. The van der Waals surface area contributed by atoms with E-state index in [0.717, 1.165) is 14.8 Å². The molecule has 1 aromatic heterocycles. The molecule has 0 saturated carbocycles. The number of aromatic nitrogens is 2. The number of halogens is 1. The van der Waals surface area contributed by atoms with Crippen molar-refractivity contribution >= 4 is 56.7 Å². The van der Waals surface area contributed by atoms with Gasteiger partial charge in [0.15, 0.2) is 0 Å². The van der Waals surface area contributed by atoms with Crippen LogP contribution >= 0.6 is 22.6 Å². The number of rotatable bonds is 1. The first-order valence-electron chi connectivity index (χ1n) is 7.33. The summed E-state index contributed by atoms with van der Waals surface area (Å²) < 4.78 is 2.45. The number of nitrogens with zero attached hydrogens (tertiary/aromatic N) is 2. The number of nitrogens with one attached hydrogen (secondary N) is 1. The van der Waals surface area contributed by atoms with Gasteiger partial charge >= 0.3 is 0 Å². The highest BCUT2D eigenvalue weighted by Gasteiger charge is 2.24. The van der Waals surface area contributed by atoms with Gasteiger partial charge in [0.05, 0.1) is 16.5 Å². The second-order valence-corrected chi connectivity index (χ2v) is 6.80. The molecule has 118 valence electrons. The van der Waals surface area contributed by atoms with E-state index in [-0.39, 0.29) is 11.5 Å². The zero-order valence-corrected chi connectivity index (χ0v) is 14.9. The van der Waals surface area contributed by atoms with Crippen molar-refractivity contribution < 1.29 is 4.79 Å². The van der Waals surface area contributed by atoms with Crippen molar-refractivity contribution in [2.45, 2.75) is 0 Å². The van der Waals surface area contributed by atoms with Gasteiger partial charge < -0.3 is 5.32 Å². The molecule has 0 fully saturated rings. The highest BCUT2D eigenvalue weighted by molar-refractivity contribution is 14.1. The first kappa shape index (κ1) is 15.1. The SMILES string of the molecule is Cn1c(/C=C2\C(=O)Nc3ccccc32)nc2ccc(I)cc2c1=O. The summed E-state index contributed by atoms with van der Waals surface area (Å²) in [6.45, 7) is 0. The van der Waals surface area contributed by atoms with E-state index in [1.807, 2.05) is 42.5 Å². The molecule has 0 spiro atoms. The molecule has 0 radical (unpaired) electrons. The van der Waals surface area contributed by atoms with Crippen LogP contribution in [0, 0.1) is 3.57 Å². The summed E-state index contributed by atoms with van der Waals surface area (Å²) in [5.74, 6) is 0.267. The molecule has 1 aliphatic heterocycles. The zero-order chi connectivity index (χ0) is 16.8. The third kappa shape index (κ3) is 2.34. The molecule has 1 N–H and O–H groups in total. The lowest BCUT2D eigenvalue weighted by Gasteiger charge is -2.07. The van der Waals surface area contributed by atoms with Gasteiger partial charge in [-0.2, -0.15) is 0 Å². The lowest BCUT2D eigenvalue weighted by molar-refractivity contribution is -0.110. The molecule has 2 aromatic carbocycles. The second-order valence-electron chi connectivity index (χ2n) is 5.55. The molecule has 24 heavy (non-hydrogen) atoms. The van der Waals surface area contributed by atoms with Crippen LogP contribution in [0.15, 0.2) is 47.3 Å². The Balaban J connectivity index is 1.95. The molecule has 3 aromatic rings. The first-order valence-corrected chi connectivity index (χ1v) is 8.41. The zero-order valence-electron chi connectivity index (χ0n) is 12.7. The number of amides is 1. The van der Waals surface area contributed by atoms with E-state index >= 15 is 0 Å². The number of fused-ring (bicyclic) bond motifs is 2. The van der Waals surface area contributed by atoms with Gasteiger partial charge in [0, 0.05) is 21.9 Å². The summed E-state index contributed by atoms with van der Waals surface area (Å²) in [7, 11) is 1.67. The van der Waals surface area contributed by atoms with Gasteiger partial charge in [0.25, 0.3) is 11.5 Å². The Morgan fingerprint density at radius 1 is 1.17 bits per heavy atom. The number of hydrogen-bond acceptors (Lipinski definition) is 3. The van der Waals surface area contributed by atoms with Gasteiger partial charge in [-0.3, -0.25) is 14.2 Å². The normalized spacial score (nSPS) is 14.9. The lowest BCUT2D eigenvalue weighted by atomic mass is 10.1. The van der Waals surface area contributed by atoms with Crippen molar-refractivity contribution in [2.24, 2.45) is 7.05 Å². The third-order valence-corrected chi connectivity index (χ3v) is 4.73. The Morgan fingerprint density at radius 2 is 1.96 bits per heavy atom. The first-order chi connectivity index (χ1) is 11.5. The lowest BCUT2D eigenvalue weighted by Crippen LogP contribution is -2.21. The van der Waals surface area contributed by atoms with E-state index in [0.29, 0.717) is 22.3 Å². The molecule has 0 aliphatic carbocycles. The van der Waals surface area contributed by atoms with Gasteiger partial charge in [0.2, 0.25) is 0 Å². The molecule has 0 saturated heterocycles. The second kappa shape index (κ2) is 5.55. The minimum Gasteiger partial charge on any atom is -0.321 e. The Labute approximate surface area is 151 Å². The molecular weight excluding hydrogens is 417 g/mol.